The van der Waals surface area contributed by atoms with Gasteiger partial charge in [-0.05, 0) is 24.7 Å². The average Bonchev–Trinajstić information content (AvgIpc) is 2.30. The monoisotopic (exact) mass is 226 g/mol. The van der Waals surface area contributed by atoms with E-state index in [1.165, 1.54) is 19.3 Å². The first-order valence-corrected chi connectivity index (χ1v) is 6.43. The van der Waals surface area contributed by atoms with Gasteiger partial charge in [0.25, 0.3) is 0 Å². The van der Waals surface area contributed by atoms with E-state index in [-0.39, 0.29) is 0 Å². The van der Waals surface area contributed by atoms with E-state index in [4.69, 9.17) is 5.84 Å². The van der Waals surface area contributed by atoms with Crippen LogP contribution in [0.3, 0.4) is 0 Å². The molecule has 16 heavy (non-hydrogen) atoms. The van der Waals surface area contributed by atoms with E-state index in [0.29, 0.717) is 5.92 Å². The average molecular weight is 226 g/mol. The van der Waals surface area contributed by atoms with Gasteiger partial charge >= 0.3 is 0 Å². The highest BCUT2D eigenvalue weighted by Crippen LogP contribution is 2.18. The second kappa shape index (κ2) is 6.74. The van der Waals surface area contributed by atoms with E-state index in [9.17, 15) is 0 Å². The first kappa shape index (κ1) is 13.3. The lowest BCUT2D eigenvalue weighted by Gasteiger charge is -2.34. The summed E-state index contributed by atoms with van der Waals surface area (Å²) in [4.78, 5) is 6.83. The number of piperidine rings is 1. The van der Waals surface area contributed by atoms with E-state index < -0.39 is 0 Å². The smallest absolute Gasteiger partial charge is 0.208 e. The van der Waals surface area contributed by atoms with Crippen molar-refractivity contribution >= 4 is 5.96 Å². The third kappa shape index (κ3) is 4.00. The van der Waals surface area contributed by atoms with Crippen LogP contribution in [0.5, 0.6) is 0 Å². The Bertz CT molecular complexity index is 225. The van der Waals surface area contributed by atoms with Crippen LogP contribution >= 0.6 is 0 Å². The number of likely N-dealkylation sites (tertiary alicyclic amines) is 1. The van der Waals surface area contributed by atoms with Gasteiger partial charge in [-0.3, -0.25) is 10.4 Å². The first-order valence-electron chi connectivity index (χ1n) is 6.43. The number of nitrogens with one attached hydrogen (secondary N) is 1. The number of rotatable bonds is 3. The molecular formula is C12H26N4. The Kier molecular flexibility index (Phi) is 5.60. The maximum absolute atomic E-state index is 5.55. The van der Waals surface area contributed by atoms with E-state index >= 15 is 0 Å². The number of guanidine groups is 1. The highest BCUT2D eigenvalue weighted by molar-refractivity contribution is 5.79. The fourth-order valence-corrected chi connectivity index (χ4v) is 2.10. The zero-order chi connectivity index (χ0) is 12.0. The number of nitrogens with two attached hydrogens (primary N) is 1. The van der Waals surface area contributed by atoms with Crippen LogP contribution in [0, 0.1) is 11.8 Å². The molecule has 0 aromatic carbocycles. The number of aliphatic imine (C=N–C) groups is 1. The zero-order valence-corrected chi connectivity index (χ0v) is 10.9. The van der Waals surface area contributed by atoms with E-state index in [1.807, 2.05) is 0 Å². The van der Waals surface area contributed by atoms with Gasteiger partial charge in [0.05, 0.1) is 0 Å². The van der Waals surface area contributed by atoms with Crippen molar-refractivity contribution in [1.29, 1.82) is 0 Å². The molecule has 94 valence electrons. The number of hydrogen-bond acceptors (Lipinski definition) is 2. The first-order chi connectivity index (χ1) is 7.67. The maximum Gasteiger partial charge on any atom is 0.208 e. The summed E-state index contributed by atoms with van der Waals surface area (Å²) in [5.41, 5.74) is 2.75. The van der Waals surface area contributed by atoms with Crippen molar-refractivity contribution in [1.82, 2.24) is 10.3 Å². The van der Waals surface area contributed by atoms with Crippen molar-refractivity contribution < 1.29 is 0 Å². The molecule has 1 aliphatic rings. The minimum atomic E-state index is 0.579. The molecule has 4 heteroatoms. The van der Waals surface area contributed by atoms with Crippen LogP contribution in [0.1, 0.15) is 40.0 Å². The quantitative estimate of drug-likeness (QED) is 0.332. The van der Waals surface area contributed by atoms with E-state index in [0.717, 1.165) is 31.5 Å². The molecule has 0 aromatic heterocycles. The summed E-state index contributed by atoms with van der Waals surface area (Å²) >= 11 is 0. The lowest BCUT2D eigenvalue weighted by Crippen LogP contribution is -2.49. The molecule has 1 aliphatic heterocycles. The molecule has 0 bridgehead atoms. The maximum atomic E-state index is 5.55. The van der Waals surface area contributed by atoms with Crippen molar-refractivity contribution in [3.05, 3.63) is 0 Å². The van der Waals surface area contributed by atoms with Gasteiger partial charge in [0, 0.05) is 19.6 Å². The largest absolute Gasteiger partial charge is 0.342 e. The minimum absolute atomic E-state index is 0.579. The van der Waals surface area contributed by atoms with Gasteiger partial charge in [-0.25, -0.2) is 5.84 Å². The Hall–Kier alpha value is -0.770. The molecule has 1 fully saturated rings. The molecule has 0 radical (unpaired) electrons. The molecule has 3 N–H and O–H groups in total. The molecule has 1 heterocycles. The van der Waals surface area contributed by atoms with Crippen LogP contribution in [0.4, 0.5) is 0 Å². The standard InChI is InChI=1S/C12H26N4/c1-4-11-6-5-7-16(9-11)12(15-13)14-8-10(2)3/h10-11H,4-9,13H2,1-3H3,(H,14,15). The molecule has 0 saturated carbocycles. The molecule has 0 aliphatic carbocycles. The summed E-state index contributed by atoms with van der Waals surface area (Å²) in [6, 6.07) is 0. The highest BCUT2D eigenvalue weighted by atomic mass is 15.4. The topological polar surface area (TPSA) is 53.6 Å². The van der Waals surface area contributed by atoms with Crippen molar-refractivity contribution in [2.45, 2.75) is 40.0 Å². The third-order valence-electron chi connectivity index (χ3n) is 3.13. The Morgan fingerprint density at radius 3 is 2.88 bits per heavy atom. The Labute approximate surface area is 99.3 Å². The predicted octanol–water partition coefficient (Wildman–Crippen LogP) is 1.58. The van der Waals surface area contributed by atoms with Gasteiger partial charge in [0.15, 0.2) is 0 Å². The zero-order valence-electron chi connectivity index (χ0n) is 10.9. The second-order valence-electron chi connectivity index (χ2n) is 5.06. The van der Waals surface area contributed by atoms with Gasteiger partial charge in [0.1, 0.15) is 0 Å². The number of hydrazine groups is 1. The molecule has 0 aromatic rings. The lowest BCUT2D eigenvalue weighted by molar-refractivity contribution is 0.246. The van der Waals surface area contributed by atoms with Gasteiger partial charge in [-0.2, -0.15) is 0 Å². The molecule has 1 unspecified atom stereocenters. The Morgan fingerprint density at radius 2 is 2.31 bits per heavy atom. The lowest BCUT2D eigenvalue weighted by atomic mass is 9.96. The molecule has 1 saturated heterocycles. The van der Waals surface area contributed by atoms with Crippen molar-refractivity contribution in [3.63, 3.8) is 0 Å². The highest BCUT2D eigenvalue weighted by Gasteiger charge is 2.20. The van der Waals surface area contributed by atoms with Gasteiger partial charge in [-0.1, -0.05) is 27.2 Å². The summed E-state index contributed by atoms with van der Waals surface area (Å²) in [6.45, 7) is 9.61. The van der Waals surface area contributed by atoms with Crippen LogP contribution in [0.2, 0.25) is 0 Å². The SMILES string of the molecule is CCC1CCCN(C(=NCC(C)C)NN)C1. The molecule has 0 amide bonds. The predicted molar refractivity (Wildman–Crippen MR) is 69.1 cm³/mol. The number of nitrogens with zero attached hydrogens (tertiary/aromatic N) is 2. The van der Waals surface area contributed by atoms with Crippen LogP contribution < -0.4 is 11.3 Å². The van der Waals surface area contributed by atoms with Crippen molar-refractivity contribution in [3.8, 4) is 0 Å². The summed E-state index contributed by atoms with van der Waals surface area (Å²) in [7, 11) is 0. The van der Waals surface area contributed by atoms with E-state index in [2.05, 4.69) is 36.1 Å². The fraction of sp³-hybridized carbons (Fsp3) is 0.917. The number of hydrogen-bond donors (Lipinski definition) is 2. The van der Waals surface area contributed by atoms with Crippen molar-refractivity contribution in [2.75, 3.05) is 19.6 Å². The van der Waals surface area contributed by atoms with Crippen LogP contribution in [0.25, 0.3) is 0 Å². The normalized spacial score (nSPS) is 22.7. The minimum Gasteiger partial charge on any atom is -0.342 e. The van der Waals surface area contributed by atoms with E-state index in [1.54, 1.807) is 0 Å². The fourth-order valence-electron chi connectivity index (χ4n) is 2.10. The van der Waals surface area contributed by atoms with Gasteiger partial charge < -0.3 is 4.90 Å². The van der Waals surface area contributed by atoms with Gasteiger partial charge in [0.2, 0.25) is 5.96 Å². The van der Waals surface area contributed by atoms with Crippen LogP contribution in [-0.4, -0.2) is 30.5 Å². The summed E-state index contributed by atoms with van der Waals surface area (Å²) < 4.78 is 0. The van der Waals surface area contributed by atoms with Crippen LogP contribution in [-0.2, 0) is 0 Å². The molecule has 1 rings (SSSR count). The Balaban J connectivity index is 2.54. The van der Waals surface area contributed by atoms with Crippen molar-refractivity contribution in [2.24, 2.45) is 22.7 Å². The Morgan fingerprint density at radius 1 is 1.56 bits per heavy atom. The van der Waals surface area contributed by atoms with Crippen LogP contribution in [0.15, 0.2) is 4.99 Å². The summed E-state index contributed by atoms with van der Waals surface area (Å²) in [6.07, 6.45) is 3.84. The molecular weight excluding hydrogens is 200 g/mol. The molecule has 0 spiro atoms. The third-order valence-corrected chi connectivity index (χ3v) is 3.13. The molecule has 1 atom stereocenters. The second-order valence-corrected chi connectivity index (χ2v) is 5.06. The summed E-state index contributed by atoms with van der Waals surface area (Å²) in [5.74, 6) is 7.80. The summed E-state index contributed by atoms with van der Waals surface area (Å²) in [5, 5.41) is 0. The molecule has 4 nitrogen and oxygen atoms in total. The van der Waals surface area contributed by atoms with Gasteiger partial charge in [-0.15, -0.1) is 0 Å².